The number of aromatic carboxylic acids is 1. The van der Waals surface area contributed by atoms with Gasteiger partial charge in [-0.15, -0.1) is 10.2 Å². The van der Waals surface area contributed by atoms with E-state index in [4.69, 9.17) is 9.52 Å². The summed E-state index contributed by atoms with van der Waals surface area (Å²) in [7, 11) is 0. The third-order valence-corrected chi connectivity index (χ3v) is 1.85. The monoisotopic (exact) mass is 205 g/mol. The molecule has 0 fully saturated rings. The fraction of sp³-hybridized carbons (Fsp3) is 0.111. The molecule has 0 aromatic carbocycles. The van der Waals surface area contributed by atoms with Crippen molar-refractivity contribution in [2.24, 2.45) is 0 Å². The maximum Gasteiger partial charge on any atom is 0.393 e. The van der Waals surface area contributed by atoms with Crippen molar-refractivity contribution in [1.29, 1.82) is 0 Å². The number of aromatic nitrogens is 3. The lowest BCUT2D eigenvalue weighted by Gasteiger charge is -1.96. The molecule has 2 heterocycles. The minimum absolute atomic E-state index is 0.165. The zero-order valence-corrected chi connectivity index (χ0v) is 7.84. The number of hydrogen-bond acceptors (Lipinski definition) is 5. The normalized spacial score (nSPS) is 10.2. The highest BCUT2D eigenvalue weighted by Crippen LogP contribution is 2.19. The Hall–Kier alpha value is -2.24. The van der Waals surface area contributed by atoms with Crippen molar-refractivity contribution in [2.75, 3.05) is 0 Å². The SMILES string of the molecule is Cc1ncccc1-c1nnc(C(=O)O)o1. The summed E-state index contributed by atoms with van der Waals surface area (Å²) >= 11 is 0. The molecule has 0 spiro atoms. The molecule has 0 unspecified atom stereocenters. The van der Waals surface area contributed by atoms with Gasteiger partial charge in [-0.2, -0.15) is 0 Å². The van der Waals surface area contributed by atoms with Gasteiger partial charge in [0, 0.05) is 11.9 Å². The molecule has 0 aliphatic carbocycles. The number of pyridine rings is 1. The van der Waals surface area contributed by atoms with Gasteiger partial charge in [-0.3, -0.25) is 4.98 Å². The van der Waals surface area contributed by atoms with E-state index in [1.807, 2.05) is 0 Å². The number of hydrogen-bond donors (Lipinski definition) is 1. The van der Waals surface area contributed by atoms with Gasteiger partial charge < -0.3 is 9.52 Å². The summed E-state index contributed by atoms with van der Waals surface area (Å²) in [6, 6.07) is 3.45. The van der Waals surface area contributed by atoms with E-state index in [1.54, 1.807) is 25.3 Å². The molecule has 0 saturated carbocycles. The van der Waals surface area contributed by atoms with Crippen LogP contribution in [-0.2, 0) is 0 Å². The second kappa shape index (κ2) is 3.49. The molecular formula is C9H7N3O3. The van der Waals surface area contributed by atoms with Crippen LogP contribution in [0, 0.1) is 6.92 Å². The molecule has 1 N–H and O–H groups in total. The van der Waals surface area contributed by atoms with E-state index in [0.29, 0.717) is 11.3 Å². The first kappa shape index (κ1) is 9.32. The number of carbonyl (C=O) groups is 1. The van der Waals surface area contributed by atoms with Gasteiger partial charge in [-0.1, -0.05) is 0 Å². The van der Waals surface area contributed by atoms with Crippen LogP contribution in [0.5, 0.6) is 0 Å². The van der Waals surface area contributed by atoms with Gasteiger partial charge in [0.25, 0.3) is 0 Å². The van der Waals surface area contributed by atoms with Gasteiger partial charge in [0.2, 0.25) is 5.89 Å². The Bertz CT molecular complexity index is 507. The average Bonchev–Trinajstić information content (AvgIpc) is 2.67. The Balaban J connectivity index is 2.46. The Labute approximate surface area is 84.6 Å². The molecule has 6 nitrogen and oxygen atoms in total. The molecule has 2 aromatic rings. The molecule has 2 rings (SSSR count). The zero-order valence-electron chi connectivity index (χ0n) is 7.84. The lowest BCUT2D eigenvalue weighted by Crippen LogP contribution is -1.95. The minimum atomic E-state index is -1.24. The molecule has 0 aliphatic rings. The van der Waals surface area contributed by atoms with Crippen molar-refractivity contribution in [2.45, 2.75) is 6.92 Å². The topological polar surface area (TPSA) is 89.1 Å². The second-order valence-corrected chi connectivity index (χ2v) is 2.85. The van der Waals surface area contributed by atoms with Crippen LogP contribution in [0.15, 0.2) is 22.7 Å². The van der Waals surface area contributed by atoms with Gasteiger partial charge in [-0.05, 0) is 19.1 Å². The van der Waals surface area contributed by atoms with Gasteiger partial charge in [0.05, 0.1) is 5.56 Å². The Kier molecular flexibility index (Phi) is 2.17. The molecule has 76 valence electrons. The number of carboxylic acids is 1. The van der Waals surface area contributed by atoms with Crippen LogP contribution in [0.3, 0.4) is 0 Å². The van der Waals surface area contributed by atoms with E-state index >= 15 is 0 Å². The zero-order chi connectivity index (χ0) is 10.8. The Morgan fingerprint density at radius 2 is 2.27 bits per heavy atom. The quantitative estimate of drug-likeness (QED) is 0.790. The standard InChI is InChI=1S/C9H7N3O3/c1-5-6(3-2-4-10-5)7-11-12-8(15-7)9(13)14/h2-4H,1H3,(H,13,14). The maximum atomic E-state index is 10.5. The van der Waals surface area contributed by atoms with Crippen molar-refractivity contribution in [3.63, 3.8) is 0 Å². The lowest BCUT2D eigenvalue weighted by atomic mass is 10.2. The molecule has 0 amide bonds. The molecule has 2 aromatic heterocycles. The summed E-state index contributed by atoms with van der Waals surface area (Å²) in [4.78, 5) is 14.6. The largest absolute Gasteiger partial charge is 0.474 e. The van der Waals surface area contributed by atoms with Gasteiger partial charge in [0.15, 0.2) is 0 Å². The van der Waals surface area contributed by atoms with E-state index in [2.05, 4.69) is 15.2 Å². The molecule has 15 heavy (non-hydrogen) atoms. The summed E-state index contributed by atoms with van der Waals surface area (Å²) < 4.78 is 4.95. The van der Waals surface area contributed by atoms with E-state index in [9.17, 15) is 4.79 Å². The summed E-state index contributed by atoms with van der Waals surface area (Å²) in [5.41, 5.74) is 1.34. The number of nitrogens with zero attached hydrogens (tertiary/aromatic N) is 3. The fourth-order valence-electron chi connectivity index (χ4n) is 1.13. The van der Waals surface area contributed by atoms with E-state index in [-0.39, 0.29) is 5.89 Å². The van der Waals surface area contributed by atoms with Crippen molar-refractivity contribution in [1.82, 2.24) is 15.2 Å². The summed E-state index contributed by atoms with van der Waals surface area (Å²) in [6.07, 6.45) is 1.63. The Morgan fingerprint density at radius 3 is 2.87 bits per heavy atom. The van der Waals surface area contributed by atoms with E-state index in [0.717, 1.165) is 0 Å². The first-order valence-electron chi connectivity index (χ1n) is 4.17. The highest BCUT2D eigenvalue weighted by atomic mass is 16.4. The molecule has 0 saturated heterocycles. The van der Waals surface area contributed by atoms with Crippen LogP contribution in [0.2, 0.25) is 0 Å². The van der Waals surface area contributed by atoms with Crippen LogP contribution < -0.4 is 0 Å². The van der Waals surface area contributed by atoms with Crippen molar-refractivity contribution in [3.8, 4) is 11.5 Å². The van der Waals surface area contributed by atoms with Gasteiger partial charge in [-0.25, -0.2) is 4.79 Å². The third-order valence-electron chi connectivity index (χ3n) is 1.85. The third kappa shape index (κ3) is 1.69. The minimum Gasteiger partial charge on any atom is -0.474 e. The van der Waals surface area contributed by atoms with Crippen LogP contribution >= 0.6 is 0 Å². The van der Waals surface area contributed by atoms with Crippen LogP contribution in [0.1, 0.15) is 16.4 Å². The molecule has 0 bridgehead atoms. The maximum absolute atomic E-state index is 10.5. The highest BCUT2D eigenvalue weighted by Gasteiger charge is 2.15. The number of aryl methyl sites for hydroxylation is 1. The summed E-state index contributed by atoms with van der Waals surface area (Å²) in [5.74, 6) is -1.50. The molecule has 0 aliphatic heterocycles. The fourth-order valence-corrected chi connectivity index (χ4v) is 1.13. The van der Waals surface area contributed by atoms with Gasteiger partial charge >= 0.3 is 11.9 Å². The lowest BCUT2D eigenvalue weighted by molar-refractivity contribution is 0.0654. The predicted octanol–water partition coefficient (Wildman–Crippen LogP) is 1.14. The van der Waals surface area contributed by atoms with Crippen LogP contribution in [0.25, 0.3) is 11.5 Å². The summed E-state index contributed by atoms with van der Waals surface area (Å²) in [5, 5.41) is 15.6. The molecule has 6 heteroatoms. The van der Waals surface area contributed by atoms with Crippen LogP contribution in [-0.4, -0.2) is 26.3 Å². The van der Waals surface area contributed by atoms with Crippen molar-refractivity contribution in [3.05, 3.63) is 29.9 Å². The van der Waals surface area contributed by atoms with Crippen molar-refractivity contribution >= 4 is 5.97 Å². The number of carboxylic acid groups (broad SMARTS) is 1. The van der Waals surface area contributed by atoms with Crippen molar-refractivity contribution < 1.29 is 14.3 Å². The summed E-state index contributed by atoms with van der Waals surface area (Å²) in [6.45, 7) is 1.78. The first-order valence-corrected chi connectivity index (χ1v) is 4.17. The molecule has 0 atom stereocenters. The van der Waals surface area contributed by atoms with Crippen LogP contribution in [0.4, 0.5) is 0 Å². The highest BCUT2D eigenvalue weighted by molar-refractivity contribution is 5.82. The average molecular weight is 205 g/mol. The predicted molar refractivity (Wildman–Crippen MR) is 49.2 cm³/mol. The molecule has 0 radical (unpaired) electrons. The van der Waals surface area contributed by atoms with Gasteiger partial charge in [0.1, 0.15) is 0 Å². The molecular weight excluding hydrogens is 198 g/mol. The first-order chi connectivity index (χ1) is 7.18. The second-order valence-electron chi connectivity index (χ2n) is 2.85. The Morgan fingerprint density at radius 1 is 1.47 bits per heavy atom. The smallest absolute Gasteiger partial charge is 0.393 e. The van der Waals surface area contributed by atoms with E-state index in [1.165, 1.54) is 0 Å². The van der Waals surface area contributed by atoms with E-state index < -0.39 is 11.9 Å². The number of rotatable bonds is 2.